The second kappa shape index (κ2) is 9.11. The summed E-state index contributed by atoms with van der Waals surface area (Å²) in [4.78, 5) is 12.2. The molecular formula is C21H28N2O2. The van der Waals surface area contributed by atoms with Crippen molar-refractivity contribution < 1.29 is 9.53 Å². The fourth-order valence-electron chi connectivity index (χ4n) is 2.81. The lowest BCUT2D eigenvalue weighted by Crippen LogP contribution is -2.38. The largest absolute Gasteiger partial charge is 0.494 e. The lowest BCUT2D eigenvalue weighted by molar-refractivity contribution is 0.237. The normalized spacial score (nSPS) is 11.7. The van der Waals surface area contributed by atoms with Gasteiger partial charge in [-0.15, -0.1) is 0 Å². The third-order valence-corrected chi connectivity index (χ3v) is 4.06. The molecule has 0 bridgehead atoms. The molecule has 0 heterocycles. The first-order chi connectivity index (χ1) is 12.0. The second-order valence-corrected chi connectivity index (χ2v) is 6.34. The van der Waals surface area contributed by atoms with Gasteiger partial charge in [0.2, 0.25) is 0 Å². The molecule has 0 aliphatic rings. The zero-order valence-electron chi connectivity index (χ0n) is 15.6. The Balaban J connectivity index is 1.88. The van der Waals surface area contributed by atoms with Crippen LogP contribution in [0.2, 0.25) is 0 Å². The van der Waals surface area contributed by atoms with E-state index in [1.807, 2.05) is 39.0 Å². The van der Waals surface area contributed by atoms with Crippen LogP contribution in [0.25, 0.3) is 0 Å². The van der Waals surface area contributed by atoms with E-state index in [-0.39, 0.29) is 12.1 Å². The molecule has 0 aliphatic carbocycles. The van der Waals surface area contributed by atoms with Crippen LogP contribution in [0.15, 0.2) is 42.5 Å². The fourth-order valence-corrected chi connectivity index (χ4v) is 2.81. The average Bonchev–Trinajstić information content (AvgIpc) is 2.56. The average molecular weight is 340 g/mol. The van der Waals surface area contributed by atoms with Crippen LogP contribution < -0.4 is 15.4 Å². The van der Waals surface area contributed by atoms with Gasteiger partial charge in [0.05, 0.1) is 12.6 Å². The van der Waals surface area contributed by atoms with Gasteiger partial charge in [-0.3, -0.25) is 0 Å². The van der Waals surface area contributed by atoms with Crippen molar-refractivity contribution in [3.05, 3.63) is 64.7 Å². The highest BCUT2D eigenvalue weighted by Gasteiger charge is 2.14. The van der Waals surface area contributed by atoms with Gasteiger partial charge >= 0.3 is 6.03 Å². The van der Waals surface area contributed by atoms with Crippen LogP contribution in [0.1, 0.15) is 42.1 Å². The molecule has 2 aromatic carbocycles. The van der Waals surface area contributed by atoms with Gasteiger partial charge in [-0.2, -0.15) is 0 Å². The van der Waals surface area contributed by atoms with Crippen LogP contribution in [0, 0.1) is 13.8 Å². The SMILES string of the molecule is CCOc1ccc(C)cc1C(C)NC(=O)NCCc1cccc(C)c1. The van der Waals surface area contributed by atoms with Gasteiger partial charge in [-0.05, 0) is 45.7 Å². The van der Waals surface area contributed by atoms with E-state index in [9.17, 15) is 4.79 Å². The summed E-state index contributed by atoms with van der Waals surface area (Å²) in [5.74, 6) is 0.820. The number of amides is 2. The first-order valence-corrected chi connectivity index (χ1v) is 8.83. The summed E-state index contributed by atoms with van der Waals surface area (Å²) in [7, 11) is 0. The minimum absolute atomic E-state index is 0.125. The van der Waals surface area contributed by atoms with E-state index >= 15 is 0 Å². The Kier molecular flexibility index (Phi) is 6.87. The van der Waals surface area contributed by atoms with Gasteiger partial charge in [0.25, 0.3) is 0 Å². The Labute approximate surface area is 150 Å². The minimum atomic E-state index is -0.163. The Bertz CT molecular complexity index is 713. The van der Waals surface area contributed by atoms with Crippen LogP contribution in [0.4, 0.5) is 4.79 Å². The fraction of sp³-hybridized carbons (Fsp3) is 0.381. The summed E-state index contributed by atoms with van der Waals surface area (Å²) in [6.07, 6.45) is 0.818. The number of rotatable bonds is 7. The number of benzene rings is 2. The second-order valence-electron chi connectivity index (χ2n) is 6.34. The van der Waals surface area contributed by atoms with E-state index in [1.165, 1.54) is 11.1 Å². The number of hydrogen-bond acceptors (Lipinski definition) is 2. The lowest BCUT2D eigenvalue weighted by atomic mass is 10.0. The molecule has 0 spiro atoms. The van der Waals surface area contributed by atoms with Gasteiger partial charge in [-0.25, -0.2) is 4.79 Å². The maximum Gasteiger partial charge on any atom is 0.315 e. The number of urea groups is 1. The van der Waals surface area contributed by atoms with E-state index in [2.05, 4.69) is 41.8 Å². The van der Waals surface area contributed by atoms with Gasteiger partial charge in [0, 0.05) is 12.1 Å². The monoisotopic (exact) mass is 340 g/mol. The molecular weight excluding hydrogens is 312 g/mol. The van der Waals surface area contributed by atoms with Gasteiger partial charge < -0.3 is 15.4 Å². The van der Waals surface area contributed by atoms with E-state index in [0.29, 0.717) is 13.2 Å². The molecule has 0 aromatic heterocycles. The Morgan fingerprint density at radius 3 is 2.60 bits per heavy atom. The highest BCUT2D eigenvalue weighted by molar-refractivity contribution is 5.74. The van der Waals surface area contributed by atoms with Gasteiger partial charge in [-0.1, -0.05) is 47.5 Å². The van der Waals surface area contributed by atoms with Crippen molar-refractivity contribution in [2.45, 2.75) is 40.2 Å². The number of carbonyl (C=O) groups excluding carboxylic acids is 1. The number of aryl methyl sites for hydroxylation is 2. The van der Waals surface area contributed by atoms with E-state index in [1.54, 1.807) is 0 Å². The molecule has 0 aliphatic heterocycles. The van der Waals surface area contributed by atoms with E-state index in [0.717, 1.165) is 23.3 Å². The van der Waals surface area contributed by atoms with Crippen molar-refractivity contribution in [1.29, 1.82) is 0 Å². The topological polar surface area (TPSA) is 50.4 Å². The highest BCUT2D eigenvalue weighted by Crippen LogP contribution is 2.26. The van der Waals surface area contributed by atoms with Crippen molar-refractivity contribution in [2.24, 2.45) is 0 Å². The van der Waals surface area contributed by atoms with Crippen molar-refractivity contribution in [3.8, 4) is 5.75 Å². The molecule has 0 saturated carbocycles. The third-order valence-electron chi connectivity index (χ3n) is 4.06. The van der Waals surface area contributed by atoms with Crippen LogP contribution >= 0.6 is 0 Å². The molecule has 1 atom stereocenters. The van der Waals surface area contributed by atoms with Crippen molar-refractivity contribution in [2.75, 3.05) is 13.2 Å². The van der Waals surface area contributed by atoms with E-state index < -0.39 is 0 Å². The Morgan fingerprint density at radius 1 is 1.12 bits per heavy atom. The maximum absolute atomic E-state index is 12.2. The predicted molar refractivity (Wildman–Crippen MR) is 102 cm³/mol. The number of ether oxygens (including phenoxy) is 1. The predicted octanol–water partition coefficient (Wildman–Crippen LogP) is 4.31. The molecule has 25 heavy (non-hydrogen) atoms. The molecule has 2 N–H and O–H groups in total. The Hall–Kier alpha value is -2.49. The van der Waals surface area contributed by atoms with Crippen molar-refractivity contribution in [3.63, 3.8) is 0 Å². The first kappa shape index (κ1) is 18.8. The number of nitrogens with one attached hydrogen (secondary N) is 2. The minimum Gasteiger partial charge on any atom is -0.494 e. The first-order valence-electron chi connectivity index (χ1n) is 8.83. The summed E-state index contributed by atoms with van der Waals surface area (Å²) in [5.41, 5.74) is 4.60. The molecule has 2 rings (SSSR count). The maximum atomic E-state index is 12.2. The number of carbonyl (C=O) groups is 1. The third kappa shape index (κ3) is 5.82. The quantitative estimate of drug-likeness (QED) is 0.789. The van der Waals surface area contributed by atoms with Gasteiger partial charge in [0.1, 0.15) is 5.75 Å². The smallest absolute Gasteiger partial charge is 0.315 e. The molecule has 1 unspecified atom stereocenters. The number of hydrogen-bond donors (Lipinski definition) is 2. The van der Waals surface area contributed by atoms with Crippen molar-refractivity contribution >= 4 is 6.03 Å². The molecule has 0 saturated heterocycles. The van der Waals surface area contributed by atoms with Crippen molar-refractivity contribution in [1.82, 2.24) is 10.6 Å². The van der Waals surface area contributed by atoms with Gasteiger partial charge in [0.15, 0.2) is 0 Å². The zero-order chi connectivity index (χ0) is 18.2. The molecule has 2 amide bonds. The lowest BCUT2D eigenvalue weighted by Gasteiger charge is -2.19. The molecule has 134 valence electrons. The summed E-state index contributed by atoms with van der Waals surface area (Å²) in [6, 6.07) is 14.1. The molecule has 4 heteroatoms. The highest BCUT2D eigenvalue weighted by atomic mass is 16.5. The van der Waals surface area contributed by atoms with E-state index in [4.69, 9.17) is 4.74 Å². The summed E-state index contributed by atoms with van der Waals surface area (Å²) >= 11 is 0. The summed E-state index contributed by atoms with van der Waals surface area (Å²) in [5, 5.41) is 5.92. The van der Waals surface area contributed by atoms with Crippen LogP contribution in [0.5, 0.6) is 5.75 Å². The summed E-state index contributed by atoms with van der Waals surface area (Å²) in [6.45, 7) is 9.24. The zero-order valence-corrected chi connectivity index (χ0v) is 15.6. The molecule has 2 aromatic rings. The van der Waals surface area contributed by atoms with Crippen LogP contribution in [-0.2, 0) is 6.42 Å². The Morgan fingerprint density at radius 2 is 1.88 bits per heavy atom. The molecule has 0 radical (unpaired) electrons. The van der Waals surface area contributed by atoms with Crippen LogP contribution in [0.3, 0.4) is 0 Å². The van der Waals surface area contributed by atoms with Crippen LogP contribution in [-0.4, -0.2) is 19.2 Å². The standard InChI is InChI=1S/C21H28N2O2/c1-5-25-20-10-9-16(3)14-19(20)17(4)23-21(24)22-12-11-18-8-6-7-15(2)13-18/h6-10,13-14,17H,5,11-12H2,1-4H3,(H2,22,23,24). The summed E-state index contributed by atoms with van der Waals surface area (Å²) < 4.78 is 5.67. The molecule has 4 nitrogen and oxygen atoms in total. The molecule has 0 fully saturated rings.